The van der Waals surface area contributed by atoms with Crippen molar-refractivity contribution in [1.29, 1.82) is 0 Å². The molecule has 0 aliphatic heterocycles. The number of hydrogen-bond donors (Lipinski definition) is 1. The Hall–Kier alpha value is -0.670. The van der Waals surface area contributed by atoms with Crippen LogP contribution >= 0.6 is 15.9 Å². The van der Waals surface area contributed by atoms with Crippen LogP contribution in [0.1, 0.15) is 32.3 Å². The molecule has 3 heteroatoms. The predicted molar refractivity (Wildman–Crippen MR) is 70.9 cm³/mol. The highest BCUT2D eigenvalue weighted by Crippen LogP contribution is 2.49. The van der Waals surface area contributed by atoms with Crippen molar-refractivity contribution < 1.29 is 9.90 Å². The van der Waals surface area contributed by atoms with E-state index >= 15 is 0 Å². The molecule has 1 aromatic rings. The smallest absolute Gasteiger partial charge is 0.171 e. The SMILES string of the molecule is CC1CC(C(=O)C(C)O)(c2cccc(Br)c2)C1. The molecule has 17 heavy (non-hydrogen) atoms. The fourth-order valence-corrected chi connectivity index (χ4v) is 3.29. The summed E-state index contributed by atoms with van der Waals surface area (Å²) < 4.78 is 0.979. The van der Waals surface area contributed by atoms with E-state index in [2.05, 4.69) is 22.9 Å². The first kappa shape index (κ1) is 12.8. The monoisotopic (exact) mass is 296 g/mol. The minimum atomic E-state index is -0.888. The van der Waals surface area contributed by atoms with Gasteiger partial charge in [0.1, 0.15) is 6.10 Å². The standard InChI is InChI=1S/C14H17BrO2/c1-9-7-14(8-9,13(17)10(2)16)11-4-3-5-12(15)6-11/h3-6,9-10,16H,7-8H2,1-2H3. The zero-order valence-electron chi connectivity index (χ0n) is 10.1. The molecule has 0 spiro atoms. The molecule has 0 radical (unpaired) electrons. The van der Waals surface area contributed by atoms with Crippen molar-refractivity contribution in [2.24, 2.45) is 5.92 Å². The number of aliphatic hydroxyl groups excluding tert-OH is 1. The van der Waals surface area contributed by atoms with Crippen molar-refractivity contribution in [2.75, 3.05) is 0 Å². The average molecular weight is 297 g/mol. The molecular formula is C14H17BrO2. The van der Waals surface area contributed by atoms with E-state index in [0.717, 1.165) is 22.9 Å². The highest BCUT2D eigenvalue weighted by molar-refractivity contribution is 9.10. The number of Topliss-reactive ketones (excluding diaryl/α,β-unsaturated/α-hetero) is 1. The second-order valence-electron chi connectivity index (χ2n) is 5.15. The van der Waals surface area contributed by atoms with Crippen molar-refractivity contribution in [3.63, 3.8) is 0 Å². The zero-order chi connectivity index (χ0) is 12.6. The molecule has 92 valence electrons. The Labute approximate surface area is 110 Å². The number of aliphatic hydroxyl groups is 1. The van der Waals surface area contributed by atoms with Crippen LogP contribution in [-0.2, 0) is 10.2 Å². The van der Waals surface area contributed by atoms with Gasteiger partial charge in [-0.25, -0.2) is 0 Å². The molecule has 0 saturated heterocycles. The van der Waals surface area contributed by atoms with Crippen LogP contribution in [0.25, 0.3) is 0 Å². The Kier molecular flexibility index (Phi) is 3.41. The number of benzene rings is 1. The van der Waals surface area contributed by atoms with Gasteiger partial charge in [0, 0.05) is 4.47 Å². The van der Waals surface area contributed by atoms with E-state index in [1.54, 1.807) is 6.92 Å². The number of rotatable bonds is 3. The van der Waals surface area contributed by atoms with E-state index in [4.69, 9.17) is 0 Å². The molecule has 1 unspecified atom stereocenters. The summed E-state index contributed by atoms with van der Waals surface area (Å²) in [6.07, 6.45) is 0.793. The third-order valence-corrected chi connectivity index (χ3v) is 4.12. The number of halogens is 1. The van der Waals surface area contributed by atoms with Crippen LogP contribution in [0.15, 0.2) is 28.7 Å². The van der Waals surface area contributed by atoms with E-state index in [1.165, 1.54) is 0 Å². The lowest BCUT2D eigenvalue weighted by atomic mass is 9.56. The van der Waals surface area contributed by atoms with Crippen LogP contribution < -0.4 is 0 Å². The molecule has 0 heterocycles. The molecule has 1 aromatic carbocycles. The van der Waals surface area contributed by atoms with Gasteiger partial charge in [-0.05, 0) is 43.4 Å². The highest BCUT2D eigenvalue weighted by Gasteiger charge is 2.50. The van der Waals surface area contributed by atoms with Gasteiger partial charge in [-0.3, -0.25) is 4.79 Å². The summed E-state index contributed by atoms with van der Waals surface area (Å²) in [4.78, 5) is 12.2. The molecule has 0 amide bonds. The summed E-state index contributed by atoms with van der Waals surface area (Å²) in [5.74, 6) is 0.505. The van der Waals surface area contributed by atoms with Crippen LogP contribution in [0.5, 0.6) is 0 Å². The molecule has 1 aliphatic carbocycles. The second kappa shape index (κ2) is 4.54. The van der Waals surface area contributed by atoms with Gasteiger partial charge in [0.25, 0.3) is 0 Å². The molecule has 1 N–H and O–H groups in total. The van der Waals surface area contributed by atoms with Gasteiger partial charge in [0.15, 0.2) is 5.78 Å². The summed E-state index contributed by atoms with van der Waals surface area (Å²) in [6.45, 7) is 3.70. The first-order chi connectivity index (χ1) is 7.95. The molecule has 2 rings (SSSR count). The van der Waals surface area contributed by atoms with E-state index < -0.39 is 11.5 Å². The van der Waals surface area contributed by atoms with E-state index in [1.807, 2.05) is 24.3 Å². The van der Waals surface area contributed by atoms with Gasteiger partial charge in [0.2, 0.25) is 0 Å². The predicted octanol–water partition coefficient (Wildman–Crippen LogP) is 3.07. The lowest BCUT2D eigenvalue weighted by Gasteiger charge is -2.46. The molecule has 0 aromatic heterocycles. The molecule has 1 fully saturated rings. The van der Waals surface area contributed by atoms with Crippen LogP contribution in [0.4, 0.5) is 0 Å². The Balaban J connectivity index is 2.39. The molecule has 2 nitrogen and oxygen atoms in total. The summed E-state index contributed by atoms with van der Waals surface area (Å²) in [5.41, 5.74) is 0.563. The Morgan fingerprint density at radius 2 is 2.18 bits per heavy atom. The lowest BCUT2D eigenvalue weighted by molar-refractivity contribution is -0.137. The number of carbonyl (C=O) groups excluding carboxylic acids is 1. The molecule has 1 atom stereocenters. The van der Waals surface area contributed by atoms with Crippen LogP contribution in [-0.4, -0.2) is 17.0 Å². The van der Waals surface area contributed by atoms with Crippen LogP contribution in [0.2, 0.25) is 0 Å². The Bertz CT molecular complexity index is 434. The fourth-order valence-electron chi connectivity index (χ4n) is 2.90. The van der Waals surface area contributed by atoms with Crippen molar-refractivity contribution >= 4 is 21.7 Å². The minimum Gasteiger partial charge on any atom is -0.386 e. The number of hydrogen-bond acceptors (Lipinski definition) is 2. The first-order valence-electron chi connectivity index (χ1n) is 5.94. The zero-order valence-corrected chi connectivity index (χ0v) is 11.7. The summed E-state index contributed by atoms with van der Waals surface area (Å²) in [6, 6.07) is 7.87. The van der Waals surface area contributed by atoms with Crippen molar-refractivity contribution in [2.45, 2.75) is 38.2 Å². The van der Waals surface area contributed by atoms with Crippen LogP contribution in [0, 0.1) is 5.92 Å². The van der Waals surface area contributed by atoms with Gasteiger partial charge in [0.05, 0.1) is 5.41 Å². The fraction of sp³-hybridized carbons (Fsp3) is 0.500. The van der Waals surface area contributed by atoms with Gasteiger partial charge in [-0.2, -0.15) is 0 Å². The van der Waals surface area contributed by atoms with E-state index in [0.29, 0.717) is 5.92 Å². The quantitative estimate of drug-likeness (QED) is 0.931. The average Bonchev–Trinajstić information content (AvgIpc) is 2.23. The largest absolute Gasteiger partial charge is 0.386 e. The minimum absolute atomic E-state index is 0.0475. The number of carbonyl (C=O) groups is 1. The van der Waals surface area contributed by atoms with Crippen LogP contribution in [0.3, 0.4) is 0 Å². The third kappa shape index (κ3) is 2.18. The highest BCUT2D eigenvalue weighted by atomic mass is 79.9. The van der Waals surface area contributed by atoms with Crippen molar-refractivity contribution in [3.8, 4) is 0 Å². The third-order valence-electron chi connectivity index (χ3n) is 3.62. The maximum atomic E-state index is 12.2. The molecular weight excluding hydrogens is 280 g/mol. The summed E-state index contributed by atoms with van der Waals surface area (Å²) in [5, 5.41) is 9.58. The van der Waals surface area contributed by atoms with Gasteiger partial charge < -0.3 is 5.11 Å². The molecule has 1 aliphatic rings. The topological polar surface area (TPSA) is 37.3 Å². The van der Waals surface area contributed by atoms with Gasteiger partial charge in [-0.1, -0.05) is 35.0 Å². The Morgan fingerprint density at radius 3 is 2.65 bits per heavy atom. The Morgan fingerprint density at radius 1 is 1.53 bits per heavy atom. The van der Waals surface area contributed by atoms with E-state index in [-0.39, 0.29) is 5.78 Å². The summed E-state index contributed by atoms with van der Waals surface area (Å²) >= 11 is 3.44. The molecule has 0 bridgehead atoms. The first-order valence-corrected chi connectivity index (χ1v) is 6.73. The van der Waals surface area contributed by atoms with Crippen molar-refractivity contribution in [3.05, 3.63) is 34.3 Å². The number of ketones is 1. The molecule has 1 saturated carbocycles. The van der Waals surface area contributed by atoms with Crippen molar-refractivity contribution in [1.82, 2.24) is 0 Å². The normalized spacial score (nSPS) is 29.5. The lowest BCUT2D eigenvalue weighted by Crippen LogP contribution is -2.50. The summed E-state index contributed by atoms with van der Waals surface area (Å²) in [7, 11) is 0. The maximum absolute atomic E-state index is 12.2. The van der Waals surface area contributed by atoms with E-state index in [9.17, 15) is 9.90 Å². The maximum Gasteiger partial charge on any atom is 0.171 e. The van der Waals surface area contributed by atoms with Gasteiger partial charge >= 0.3 is 0 Å². The van der Waals surface area contributed by atoms with Gasteiger partial charge in [-0.15, -0.1) is 0 Å². The second-order valence-corrected chi connectivity index (χ2v) is 6.06.